The zero-order valence-corrected chi connectivity index (χ0v) is 10.4. The van der Waals surface area contributed by atoms with Gasteiger partial charge in [-0.25, -0.2) is 0 Å². The van der Waals surface area contributed by atoms with Gasteiger partial charge in [0.25, 0.3) is 0 Å². The van der Waals surface area contributed by atoms with Crippen LogP contribution in [-0.4, -0.2) is 12.1 Å². The molecule has 88 valence electrons. The van der Waals surface area contributed by atoms with Crippen molar-refractivity contribution in [1.82, 2.24) is 0 Å². The quantitative estimate of drug-likeness (QED) is 0.832. The Morgan fingerprint density at radius 1 is 1.31 bits per heavy atom. The van der Waals surface area contributed by atoms with Crippen LogP contribution in [0.2, 0.25) is 0 Å². The first-order valence-electron chi connectivity index (χ1n) is 6.19. The Kier molecular flexibility index (Phi) is 3.37. The summed E-state index contributed by atoms with van der Waals surface area (Å²) in [5.41, 5.74) is 2.52. The van der Waals surface area contributed by atoms with Gasteiger partial charge in [-0.3, -0.25) is 0 Å². The number of hydrogen-bond acceptors (Lipinski definition) is 2. The average Bonchev–Trinajstić information content (AvgIpc) is 2.12. The molecule has 0 radical (unpaired) electrons. The monoisotopic (exact) mass is 219 g/mol. The molecule has 1 aromatic rings. The molecule has 2 rings (SSSR count). The highest BCUT2D eigenvalue weighted by Gasteiger charge is 2.17. The summed E-state index contributed by atoms with van der Waals surface area (Å²) in [4.78, 5) is 0. The van der Waals surface area contributed by atoms with Crippen LogP contribution in [0, 0.1) is 6.92 Å². The van der Waals surface area contributed by atoms with Crippen molar-refractivity contribution in [3.05, 3.63) is 23.8 Å². The van der Waals surface area contributed by atoms with Crippen molar-refractivity contribution in [3.8, 4) is 5.75 Å². The highest BCUT2D eigenvalue weighted by atomic mass is 16.5. The molecule has 1 fully saturated rings. The molecule has 2 heteroatoms. The zero-order valence-electron chi connectivity index (χ0n) is 10.4. The first kappa shape index (κ1) is 11.3. The summed E-state index contributed by atoms with van der Waals surface area (Å²) in [6, 6.07) is 6.98. The van der Waals surface area contributed by atoms with E-state index < -0.39 is 0 Å². The van der Waals surface area contributed by atoms with Crippen molar-refractivity contribution in [1.29, 1.82) is 0 Å². The molecule has 1 aliphatic carbocycles. The second kappa shape index (κ2) is 4.77. The lowest BCUT2D eigenvalue weighted by Gasteiger charge is -2.28. The number of hydrogen-bond donors (Lipinski definition) is 1. The maximum absolute atomic E-state index is 5.67. The van der Waals surface area contributed by atoms with Crippen LogP contribution in [0.25, 0.3) is 0 Å². The molecule has 0 spiro atoms. The van der Waals surface area contributed by atoms with E-state index in [0.29, 0.717) is 6.04 Å². The van der Waals surface area contributed by atoms with Gasteiger partial charge in [-0.15, -0.1) is 0 Å². The molecule has 2 nitrogen and oxygen atoms in total. The number of benzene rings is 1. The molecule has 1 aromatic carbocycles. The van der Waals surface area contributed by atoms with E-state index in [4.69, 9.17) is 4.74 Å². The third-order valence-corrected chi connectivity index (χ3v) is 3.03. The first-order chi connectivity index (χ1) is 7.65. The Bertz CT molecular complexity index is 356. The Balaban J connectivity index is 2.03. The van der Waals surface area contributed by atoms with Crippen LogP contribution in [0.3, 0.4) is 0 Å². The van der Waals surface area contributed by atoms with Crippen LogP contribution in [0.15, 0.2) is 18.2 Å². The third-order valence-electron chi connectivity index (χ3n) is 3.03. The second-order valence-electron chi connectivity index (χ2n) is 4.92. The molecule has 1 aliphatic rings. The summed E-state index contributed by atoms with van der Waals surface area (Å²) in [7, 11) is 0. The standard InChI is InChI=1S/C14H21NO/c1-10(2)16-13-7-8-14(11(3)9-13)15-12-5-4-6-12/h7-10,12,15H,4-6H2,1-3H3. The molecule has 1 saturated carbocycles. The average molecular weight is 219 g/mol. The minimum Gasteiger partial charge on any atom is -0.491 e. The molecule has 0 bridgehead atoms. The summed E-state index contributed by atoms with van der Waals surface area (Å²) in [5, 5.41) is 3.57. The number of anilines is 1. The molecule has 0 unspecified atom stereocenters. The Labute approximate surface area is 98.0 Å². The topological polar surface area (TPSA) is 21.3 Å². The van der Waals surface area contributed by atoms with Gasteiger partial charge in [-0.05, 0) is 63.8 Å². The molecule has 0 heterocycles. The fourth-order valence-electron chi connectivity index (χ4n) is 1.92. The lowest BCUT2D eigenvalue weighted by atomic mass is 9.92. The van der Waals surface area contributed by atoms with Crippen LogP contribution in [-0.2, 0) is 0 Å². The van der Waals surface area contributed by atoms with Gasteiger partial charge in [-0.2, -0.15) is 0 Å². The molecule has 0 saturated heterocycles. The molecule has 16 heavy (non-hydrogen) atoms. The largest absolute Gasteiger partial charge is 0.491 e. The van der Waals surface area contributed by atoms with E-state index in [1.54, 1.807) is 0 Å². The summed E-state index contributed by atoms with van der Waals surface area (Å²) in [5.74, 6) is 0.964. The fraction of sp³-hybridized carbons (Fsp3) is 0.571. The van der Waals surface area contributed by atoms with E-state index in [0.717, 1.165) is 5.75 Å². The van der Waals surface area contributed by atoms with Crippen molar-refractivity contribution >= 4 is 5.69 Å². The first-order valence-corrected chi connectivity index (χ1v) is 6.19. The number of nitrogens with one attached hydrogen (secondary N) is 1. The van der Waals surface area contributed by atoms with E-state index in [9.17, 15) is 0 Å². The van der Waals surface area contributed by atoms with Crippen molar-refractivity contribution in [2.24, 2.45) is 0 Å². The van der Waals surface area contributed by atoms with Crippen LogP contribution in [0.1, 0.15) is 38.7 Å². The van der Waals surface area contributed by atoms with Gasteiger partial charge in [0.05, 0.1) is 6.10 Å². The Hall–Kier alpha value is -1.18. The van der Waals surface area contributed by atoms with Gasteiger partial charge in [0.1, 0.15) is 5.75 Å². The maximum atomic E-state index is 5.67. The van der Waals surface area contributed by atoms with E-state index in [-0.39, 0.29) is 6.10 Å². The molecule has 0 atom stereocenters. The molecule has 0 aliphatic heterocycles. The smallest absolute Gasteiger partial charge is 0.120 e. The van der Waals surface area contributed by atoms with Crippen molar-refractivity contribution in [3.63, 3.8) is 0 Å². The molecular formula is C14H21NO. The maximum Gasteiger partial charge on any atom is 0.120 e. The highest BCUT2D eigenvalue weighted by Crippen LogP contribution is 2.27. The summed E-state index contributed by atoms with van der Waals surface area (Å²) >= 11 is 0. The summed E-state index contributed by atoms with van der Waals surface area (Å²) in [6.07, 6.45) is 4.23. The van der Waals surface area contributed by atoms with Gasteiger partial charge in [0, 0.05) is 11.7 Å². The lowest BCUT2D eigenvalue weighted by molar-refractivity contribution is 0.242. The van der Waals surface area contributed by atoms with Gasteiger partial charge in [-0.1, -0.05) is 0 Å². The summed E-state index contributed by atoms with van der Waals surface area (Å²) < 4.78 is 5.67. The number of aryl methyl sites for hydroxylation is 1. The SMILES string of the molecule is Cc1cc(OC(C)C)ccc1NC1CCC1. The lowest BCUT2D eigenvalue weighted by Crippen LogP contribution is -2.27. The number of ether oxygens (including phenoxy) is 1. The predicted molar refractivity (Wildman–Crippen MR) is 68.2 cm³/mol. The fourth-order valence-corrected chi connectivity index (χ4v) is 1.92. The van der Waals surface area contributed by atoms with Gasteiger partial charge < -0.3 is 10.1 Å². The van der Waals surface area contributed by atoms with Gasteiger partial charge in [0.15, 0.2) is 0 Å². The van der Waals surface area contributed by atoms with Gasteiger partial charge in [0.2, 0.25) is 0 Å². The van der Waals surface area contributed by atoms with Gasteiger partial charge >= 0.3 is 0 Å². The van der Waals surface area contributed by atoms with E-state index >= 15 is 0 Å². The minimum atomic E-state index is 0.241. The normalized spacial score (nSPS) is 16.0. The molecule has 1 N–H and O–H groups in total. The van der Waals surface area contributed by atoms with Crippen LogP contribution >= 0.6 is 0 Å². The van der Waals surface area contributed by atoms with E-state index in [1.807, 2.05) is 6.07 Å². The number of rotatable bonds is 4. The molecule has 0 aromatic heterocycles. The van der Waals surface area contributed by atoms with Crippen LogP contribution in [0.4, 0.5) is 5.69 Å². The predicted octanol–water partition coefficient (Wildman–Crippen LogP) is 3.75. The van der Waals surface area contributed by atoms with E-state index in [1.165, 1.54) is 30.5 Å². The molecular weight excluding hydrogens is 198 g/mol. The Morgan fingerprint density at radius 3 is 2.56 bits per heavy atom. The van der Waals surface area contributed by atoms with Crippen molar-refractivity contribution in [2.75, 3.05) is 5.32 Å². The van der Waals surface area contributed by atoms with Crippen molar-refractivity contribution < 1.29 is 4.74 Å². The van der Waals surface area contributed by atoms with Crippen molar-refractivity contribution in [2.45, 2.75) is 52.2 Å². The third kappa shape index (κ3) is 2.69. The second-order valence-corrected chi connectivity index (χ2v) is 4.92. The molecule has 0 amide bonds. The zero-order chi connectivity index (χ0) is 11.5. The van der Waals surface area contributed by atoms with Crippen LogP contribution in [0.5, 0.6) is 5.75 Å². The summed E-state index contributed by atoms with van der Waals surface area (Å²) in [6.45, 7) is 6.24. The highest BCUT2D eigenvalue weighted by molar-refractivity contribution is 5.54. The Morgan fingerprint density at radius 2 is 2.06 bits per heavy atom. The minimum absolute atomic E-state index is 0.241. The van der Waals surface area contributed by atoms with E-state index in [2.05, 4.69) is 38.2 Å². The van der Waals surface area contributed by atoms with Crippen LogP contribution < -0.4 is 10.1 Å².